The number of allylic oxidation sites excluding steroid dienone is 2. The number of carbonyl (C=O) groups excluding carboxylic acids is 1. The van der Waals surface area contributed by atoms with Gasteiger partial charge < -0.3 is 10.4 Å². The van der Waals surface area contributed by atoms with Crippen LogP contribution >= 0.6 is 0 Å². The first-order valence-electron chi connectivity index (χ1n) is 6.19. The molecule has 5 nitrogen and oxygen atoms in total. The Morgan fingerprint density at radius 2 is 1.94 bits per heavy atom. The Kier molecular flexibility index (Phi) is 5.92. The second-order valence-electron chi connectivity index (χ2n) is 4.40. The molecule has 1 rings (SSSR count). The molecule has 1 aliphatic rings. The van der Waals surface area contributed by atoms with Crippen molar-refractivity contribution in [2.75, 3.05) is 6.54 Å². The number of hydrogen-bond acceptors (Lipinski definition) is 3. The SMILES string of the molecule is N#CCCCCNC(=O)C1CC=CCC1C(=O)O. The van der Waals surface area contributed by atoms with Crippen LogP contribution in [0.25, 0.3) is 0 Å². The largest absolute Gasteiger partial charge is 0.481 e. The summed E-state index contributed by atoms with van der Waals surface area (Å²) in [4.78, 5) is 22.9. The lowest BCUT2D eigenvalue weighted by atomic mass is 9.82. The fourth-order valence-electron chi connectivity index (χ4n) is 2.05. The van der Waals surface area contributed by atoms with Gasteiger partial charge in [0.25, 0.3) is 0 Å². The second-order valence-corrected chi connectivity index (χ2v) is 4.40. The van der Waals surface area contributed by atoms with Crippen molar-refractivity contribution >= 4 is 11.9 Å². The summed E-state index contributed by atoms with van der Waals surface area (Å²) in [5, 5.41) is 20.2. The van der Waals surface area contributed by atoms with Crippen molar-refractivity contribution in [3.05, 3.63) is 12.2 Å². The highest BCUT2D eigenvalue weighted by molar-refractivity contribution is 5.85. The molecule has 0 aromatic carbocycles. The van der Waals surface area contributed by atoms with Gasteiger partial charge in [0.1, 0.15) is 0 Å². The van der Waals surface area contributed by atoms with Crippen LogP contribution in [-0.4, -0.2) is 23.5 Å². The number of rotatable bonds is 6. The van der Waals surface area contributed by atoms with Gasteiger partial charge in [-0.1, -0.05) is 12.2 Å². The zero-order chi connectivity index (χ0) is 13.4. The minimum atomic E-state index is -0.913. The highest BCUT2D eigenvalue weighted by Crippen LogP contribution is 2.25. The maximum Gasteiger partial charge on any atom is 0.307 e. The van der Waals surface area contributed by atoms with E-state index in [2.05, 4.69) is 5.32 Å². The molecule has 0 fully saturated rings. The summed E-state index contributed by atoms with van der Waals surface area (Å²) in [5.74, 6) is -2.19. The summed E-state index contributed by atoms with van der Waals surface area (Å²) in [5.41, 5.74) is 0. The lowest BCUT2D eigenvalue weighted by Crippen LogP contribution is -2.39. The van der Waals surface area contributed by atoms with E-state index >= 15 is 0 Å². The average molecular weight is 250 g/mol. The van der Waals surface area contributed by atoms with Crippen molar-refractivity contribution in [1.29, 1.82) is 5.26 Å². The molecule has 1 aliphatic carbocycles. The fraction of sp³-hybridized carbons (Fsp3) is 0.615. The first-order valence-corrected chi connectivity index (χ1v) is 6.19. The first kappa shape index (κ1) is 14.2. The Bertz CT molecular complexity index is 371. The molecular weight excluding hydrogens is 232 g/mol. The molecule has 18 heavy (non-hydrogen) atoms. The van der Waals surface area contributed by atoms with Gasteiger partial charge in [-0.05, 0) is 25.7 Å². The van der Waals surface area contributed by atoms with Crippen molar-refractivity contribution in [2.24, 2.45) is 11.8 Å². The van der Waals surface area contributed by atoms with Crippen molar-refractivity contribution in [1.82, 2.24) is 5.32 Å². The Labute approximate surface area is 106 Å². The summed E-state index contributed by atoms with van der Waals surface area (Å²) < 4.78 is 0. The van der Waals surface area contributed by atoms with Gasteiger partial charge in [0.05, 0.1) is 17.9 Å². The summed E-state index contributed by atoms with van der Waals surface area (Å²) in [6.07, 6.45) is 6.57. The van der Waals surface area contributed by atoms with Crippen molar-refractivity contribution in [3.63, 3.8) is 0 Å². The minimum Gasteiger partial charge on any atom is -0.481 e. The lowest BCUT2D eigenvalue weighted by Gasteiger charge is -2.24. The molecule has 98 valence electrons. The Morgan fingerprint density at radius 3 is 2.56 bits per heavy atom. The average Bonchev–Trinajstić information content (AvgIpc) is 2.38. The van der Waals surface area contributed by atoms with Crippen LogP contribution in [0.15, 0.2) is 12.2 Å². The third-order valence-electron chi connectivity index (χ3n) is 3.10. The van der Waals surface area contributed by atoms with E-state index in [9.17, 15) is 9.59 Å². The molecule has 0 spiro atoms. The molecule has 2 atom stereocenters. The lowest BCUT2D eigenvalue weighted by molar-refractivity contribution is -0.147. The van der Waals surface area contributed by atoms with Crippen LogP contribution in [0, 0.1) is 23.2 Å². The number of unbranched alkanes of at least 4 members (excludes halogenated alkanes) is 2. The zero-order valence-electron chi connectivity index (χ0n) is 10.3. The van der Waals surface area contributed by atoms with E-state index in [1.54, 1.807) is 0 Å². The van der Waals surface area contributed by atoms with Gasteiger partial charge in [-0.3, -0.25) is 9.59 Å². The molecule has 0 saturated heterocycles. The number of carbonyl (C=O) groups is 2. The quantitative estimate of drug-likeness (QED) is 0.551. The highest BCUT2D eigenvalue weighted by Gasteiger charge is 2.33. The van der Waals surface area contributed by atoms with Gasteiger partial charge >= 0.3 is 5.97 Å². The van der Waals surface area contributed by atoms with Crippen LogP contribution in [0.4, 0.5) is 0 Å². The molecule has 0 aromatic rings. The second kappa shape index (κ2) is 7.49. The smallest absolute Gasteiger partial charge is 0.307 e. The molecule has 0 heterocycles. The van der Waals surface area contributed by atoms with Crippen molar-refractivity contribution in [3.8, 4) is 6.07 Å². The van der Waals surface area contributed by atoms with E-state index in [0.717, 1.165) is 12.8 Å². The fourth-order valence-corrected chi connectivity index (χ4v) is 2.05. The van der Waals surface area contributed by atoms with Crippen molar-refractivity contribution < 1.29 is 14.7 Å². The first-order chi connectivity index (χ1) is 8.66. The molecule has 0 radical (unpaired) electrons. The summed E-state index contributed by atoms with van der Waals surface area (Å²) in [7, 11) is 0. The molecule has 0 aromatic heterocycles. The topological polar surface area (TPSA) is 90.2 Å². The summed E-state index contributed by atoms with van der Waals surface area (Å²) in [6.45, 7) is 0.507. The zero-order valence-corrected chi connectivity index (χ0v) is 10.3. The third-order valence-corrected chi connectivity index (χ3v) is 3.10. The van der Waals surface area contributed by atoms with Crippen LogP contribution in [-0.2, 0) is 9.59 Å². The predicted molar refractivity (Wildman–Crippen MR) is 65.5 cm³/mol. The standard InChI is InChI=1S/C13H18N2O3/c14-8-4-1-5-9-15-12(16)10-6-2-3-7-11(10)13(17)18/h2-3,10-11H,1,4-7,9H2,(H,15,16)(H,17,18). The molecule has 0 aliphatic heterocycles. The van der Waals surface area contributed by atoms with E-state index in [4.69, 9.17) is 10.4 Å². The van der Waals surface area contributed by atoms with Gasteiger partial charge in [-0.2, -0.15) is 5.26 Å². The molecule has 0 saturated carbocycles. The molecule has 0 bridgehead atoms. The van der Waals surface area contributed by atoms with E-state index in [1.165, 1.54) is 0 Å². The van der Waals surface area contributed by atoms with Gasteiger partial charge in [0, 0.05) is 13.0 Å². The van der Waals surface area contributed by atoms with Gasteiger partial charge in [-0.15, -0.1) is 0 Å². The monoisotopic (exact) mass is 250 g/mol. The maximum absolute atomic E-state index is 11.9. The Balaban J connectivity index is 2.38. The van der Waals surface area contributed by atoms with E-state index in [1.807, 2.05) is 18.2 Å². The number of nitrogens with one attached hydrogen (secondary N) is 1. The number of nitrogens with zero attached hydrogens (tertiary/aromatic N) is 1. The maximum atomic E-state index is 11.9. The van der Waals surface area contributed by atoms with Crippen LogP contribution in [0.5, 0.6) is 0 Å². The molecule has 2 N–H and O–H groups in total. The predicted octanol–water partition coefficient (Wildman–Crippen LogP) is 1.46. The van der Waals surface area contributed by atoms with Gasteiger partial charge in [0.15, 0.2) is 0 Å². The van der Waals surface area contributed by atoms with Gasteiger partial charge in [0.2, 0.25) is 5.91 Å². The van der Waals surface area contributed by atoms with Crippen molar-refractivity contribution in [2.45, 2.75) is 32.1 Å². The summed E-state index contributed by atoms with van der Waals surface area (Å²) >= 11 is 0. The number of carboxylic acids is 1. The van der Waals surface area contributed by atoms with E-state index in [-0.39, 0.29) is 5.91 Å². The molecular formula is C13H18N2O3. The molecule has 1 amide bonds. The van der Waals surface area contributed by atoms with Crippen LogP contribution < -0.4 is 5.32 Å². The number of carboxylic acid groups (broad SMARTS) is 1. The Morgan fingerprint density at radius 1 is 1.28 bits per heavy atom. The summed E-state index contributed by atoms with van der Waals surface area (Å²) in [6, 6.07) is 2.04. The van der Waals surface area contributed by atoms with E-state index < -0.39 is 17.8 Å². The number of hydrogen-bond donors (Lipinski definition) is 2. The number of amides is 1. The normalized spacial score (nSPS) is 22.2. The van der Waals surface area contributed by atoms with Crippen LogP contribution in [0.3, 0.4) is 0 Å². The van der Waals surface area contributed by atoms with Crippen LogP contribution in [0.2, 0.25) is 0 Å². The Hall–Kier alpha value is -1.83. The van der Waals surface area contributed by atoms with Crippen LogP contribution in [0.1, 0.15) is 32.1 Å². The minimum absolute atomic E-state index is 0.191. The number of aliphatic carboxylic acids is 1. The number of nitriles is 1. The molecule has 2 unspecified atom stereocenters. The highest BCUT2D eigenvalue weighted by atomic mass is 16.4. The molecule has 5 heteroatoms. The van der Waals surface area contributed by atoms with E-state index in [0.29, 0.717) is 25.8 Å². The van der Waals surface area contributed by atoms with Gasteiger partial charge in [-0.25, -0.2) is 0 Å². The third kappa shape index (κ3) is 4.21.